The van der Waals surface area contributed by atoms with Gasteiger partial charge in [0.2, 0.25) is 12.1 Å². The van der Waals surface area contributed by atoms with E-state index in [0.717, 1.165) is 11.1 Å². The monoisotopic (exact) mass is 215 g/mol. The number of imidazole rings is 1. The van der Waals surface area contributed by atoms with Crippen LogP contribution < -0.4 is 4.57 Å². The van der Waals surface area contributed by atoms with Gasteiger partial charge in [-0.1, -0.05) is 23.8 Å². The number of hydrogen-bond acceptors (Lipinski definition) is 1. The number of carbonyl (C=O) groups excluding carboxylic acids is 1. The zero-order valence-corrected chi connectivity index (χ0v) is 9.53. The number of nitrogens with zero attached hydrogens (tertiary/aromatic N) is 1. The highest BCUT2D eigenvalue weighted by atomic mass is 16.1. The van der Waals surface area contributed by atoms with E-state index in [9.17, 15) is 4.79 Å². The maximum absolute atomic E-state index is 12.0. The van der Waals surface area contributed by atoms with Crippen molar-refractivity contribution in [2.75, 3.05) is 0 Å². The van der Waals surface area contributed by atoms with Crippen LogP contribution in [0, 0.1) is 13.8 Å². The van der Waals surface area contributed by atoms with Crippen molar-refractivity contribution in [2.45, 2.75) is 20.4 Å². The van der Waals surface area contributed by atoms with Crippen molar-refractivity contribution in [1.29, 1.82) is 0 Å². The Morgan fingerprint density at radius 3 is 2.81 bits per heavy atom. The Bertz CT molecular complexity index is 501. The first-order valence-corrected chi connectivity index (χ1v) is 5.29. The number of benzene rings is 1. The average Bonchev–Trinajstić information content (AvgIpc) is 2.70. The second-order valence-electron chi connectivity index (χ2n) is 4.03. The molecule has 0 aliphatic carbocycles. The van der Waals surface area contributed by atoms with Crippen LogP contribution in [-0.4, -0.2) is 10.8 Å². The molecule has 0 aliphatic heterocycles. The molecule has 0 spiro atoms. The molecule has 1 aromatic carbocycles. The number of nitrogens with one attached hydrogen (secondary N) is 1. The van der Waals surface area contributed by atoms with Crippen LogP contribution >= 0.6 is 0 Å². The summed E-state index contributed by atoms with van der Waals surface area (Å²) in [6.45, 7) is 4.39. The lowest BCUT2D eigenvalue weighted by atomic mass is 10.0. The molecule has 0 saturated heterocycles. The van der Waals surface area contributed by atoms with E-state index in [0.29, 0.717) is 6.54 Å². The van der Waals surface area contributed by atoms with Gasteiger partial charge >= 0.3 is 0 Å². The standard InChI is InChI=1S/C13H14N2O/c1-10-3-4-12(11(2)7-10)13(16)8-15-6-5-14-9-15/h3-7,9H,8H2,1-2H3/p+1. The van der Waals surface area contributed by atoms with Crippen molar-refractivity contribution in [1.82, 2.24) is 4.98 Å². The summed E-state index contributed by atoms with van der Waals surface area (Å²) < 4.78 is 1.83. The summed E-state index contributed by atoms with van der Waals surface area (Å²) in [6, 6.07) is 5.91. The zero-order valence-electron chi connectivity index (χ0n) is 9.53. The van der Waals surface area contributed by atoms with Crippen LogP contribution in [0.1, 0.15) is 21.5 Å². The summed E-state index contributed by atoms with van der Waals surface area (Å²) in [7, 11) is 0. The van der Waals surface area contributed by atoms with E-state index in [4.69, 9.17) is 0 Å². The van der Waals surface area contributed by atoms with Gasteiger partial charge in [0.25, 0.3) is 0 Å². The molecule has 1 aromatic heterocycles. The van der Waals surface area contributed by atoms with Gasteiger partial charge in [0, 0.05) is 5.56 Å². The lowest BCUT2D eigenvalue weighted by molar-refractivity contribution is -0.681. The SMILES string of the molecule is Cc1ccc(C(=O)C[n+]2cc[nH]c2)c(C)c1. The Morgan fingerprint density at radius 2 is 2.19 bits per heavy atom. The van der Waals surface area contributed by atoms with Gasteiger partial charge in [-0.05, 0) is 19.4 Å². The van der Waals surface area contributed by atoms with Crippen LogP contribution in [0.4, 0.5) is 0 Å². The maximum Gasteiger partial charge on any atom is 0.241 e. The predicted octanol–water partition coefficient (Wildman–Crippen LogP) is 1.80. The van der Waals surface area contributed by atoms with Gasteiger partial charge in [0.05, 0.1) is 0 Å². The fourth-order valence-electron chi connectivity index (χ4n) is 1.80. The van der Waals surface area contributed by atoms with E-state index in [-0.39, 0.29) is 5.78 Å². The molecule has 2 rings (SSSR count). The Hall–Kier alpha value is -1.90. The molecule has 3 nitrogen and oxygen atoms in total. The molecule has 0 bridgehead atoms. The second kappa shape index (κ2) is 4.31. The highest BCUT2D eigenvalue weighted by Crippen LogP contribution is 2.11. The van der Waals surface area contributed by atoms with Crippen molar-refractivity contribution in [3.05, 3.63) is 53.6 Å². The fraction of sp³-hybridized carbons (Fsp3) is 0.231. The molecule has 16 heavy (non-hydrogen) atoms. The van der Waals surface area contributed by atoms with Crippen LogP contribution in [0.25, 0.3) is 0 Å². The van der Waals surface area contributed by atoms with Gasteiger partial charge in [-0.15, -0.1) is 0 Å². The zero-order chi connectivity index (χ0) is 11.5. The molecule has 0 fully saturated rings. The molecule has 2 aromatic rings. The number of aryl methyl sites for hydroxylation is 2. The quantitative estimate of drug-likeness (QED) is 0.615. The Labute approximate surface area is 94.7 Å². The third-order valence-corrected chi connectivity index (χ3v) is 2.61. The number of aromatic nitrogens is 2. The van der Waals surface area contributed by atoms with Crippen LogP contribution in [0.15, 0.2) is 36.9 Å². The molecule has 0 amide bonds. The lowest BCUT2D eigenvalue weighted by Gasteiger charge is -2.04. The fourth-order valence-corrected chi connectivity index (χ4v) is 1.80. The summed E-state index contributed by atoms with van der Waals surface area (Å²) in [5, 5.41) is 0. The van der Waals surface area contributed by atoms with Crippen LogP contribution in [-0.2, 0) is 6.54 Å². The molecule has 82 valence electrons. The Kier molecular flexibility index (Phi) is 2.86. The summed E-state index contributed by atoms with van der Waals surface area (Å²) >= 11 is 0. The first kappa shape index (κ1) is 10.6. The smallest absolute Gasteiger partial charge is 0.241 e. The van der Waals surface area contributed by atoms with Crippen LogP contribution in [0.3, 0.4) is 0 Å². The molecule has 0 radical (unpaired) electrons. The third kappa shape index (κ3) is 2.19. The highest BCUT2D eigenvalue weighted by Gasteiger charge is 2.12. The number of aromatic amines is 1. The highest BCUT2D eigenvalue weighted by molar-refractivity contribution is 5.96. The van der Waals surface area contributed by atoms with Gasteiger partial charge in [0.1, 0.15) is 12.4 Å². The minimum Gasteiger partial charge on any atom is -0.290 e. The molecule has 0 unspecified atom stereocenters. The van der Waals surface area contributed by atoms with E-state index in [2.05, 4.69) is 4.98 Å². The lowest BCUT2D eigenvalue weighted by Crippen LogP contribution is -2.35. The molecule has 0 aliphatic rings. The number of rotatable bonds is 3. The predicted molar refractivity (Wildman–Crippen MR) is 61.2 cm³/mol. The van der Waals surface area contributed by atoms with E-state index in [1.165, 1.54) is 5.56 Å². The third-order valence-electron chi connectivity index (χ3n) is 2.61. The number of hydrogen-bond donors (Lipinski definition) is 1. The maximum atomic E-state index is 12.0. The Balaban J connectivity index is 2.21. The summed E-state index contributed by atoms with van der Waals surface area (Å²) in [4.78, 5) is 14.9. The molecule has 1 N–H and O–H groups in total. The van der Waals surface area contributed by atoms with Gasteiger partial charge in [-0.25, -0.2) is 4.57 Å². The van der Waals surface area contributed by atoms with Gasteiger partial charge in [-0.2, -0.15) is 0 Å². The van der Waals surface area contributed by atoms with E-state index >= 15 is 0 Å². The average molecular weight is 215 g/mol. The first-order valence-electron chi connectivity index (χ1n) is 5.29. The van der Waals surface area contributed by atoms with Crippen LogP contribution in [0.5, 0.6) is 0 Å². The van der Waals surface area contributed by atoms with Crippen molar-refractivity contribution in [3.63, 3.8) is 0 Å². The number of Topliss-reactive ketones (excluding diaryl/α,β-unsaturated/α-hetero) is 1. The minimum absolute atomic E-state index is 0.141. The van der Waals surface area contributed by atoms with Gasteiger partial charge in [-0.3, -0.25) is 9.78 Å². The van der Waals surface area contributed by atoms with Crippen LogP contribution in [0.2, 0.25) is 0 Å². The summed E-state index contributed by atoms with van der Waals surface area (Å²) in [6.07, 6.45) is 5.43. The van der Waals surface area contributed by atoms with Gasteiger partial charge < -0.3 is 0 Å². The first-order chi connectivity index (χ1) is 7.66. The Morgan fingerprint density at radius 1 is 1.38 bits per heavy atom. The molecule has 0 atom stereocenters. The number of H-pyrrole nitrogens is 1. The van der Waals surface area contributed by atoms with E-state index in [1.54, 1.807) is 12.5 Å². The van der Waals surface area contributed by atoms with Crippen molar-refractivity contribution in [2.24, 2.45) is 0 Å². The summed E-state index contributed by atoms with van der Waals surface area (Å²) in [5.41, 5.74) is 3.03. The van der Waals surface area contributed by atoms with E-state index in [1.807, 2.05) is 42.8 Å². The molecule has 0 saturated carbocycles. The minimum atomic E-state index is 0.141. The summed E-state index contributed by atoms with van der Waals surface area (Å²) in [5.74, 6) is 0.141. The number of ketones is 1. The van der Waals surface area contributed by atoms with Crippen molar-refractivity contribution >= 4 is 5.78 Å². The van der Waals surface area contributed by atoms with Gasteiger partial charge in [0.15, 0.2) is 6.54 Å². The topological polar surface area (TPSA) is 36.7 Å². The molecular weight excluding hydrogens is 200 g/mol. The molecule has 1 heterocycles. The molecular formula is C13H15N2O+. The second-order valence-corrected chi connectivity index (χ2v) is 4.03. The van der Waals surface area contributed by atoms with E-state index < -0.39 is 0 Å². The molecule has 3 heteroatoms. The number of carbonyl (C=O) groups is 1. The van der Waals surface area contributed by atoms with Crippen molar-refractivity contribution in [3.8, 4) is 0 Å². The van der Waals surface area contributed by atoms with Crippen molar-refractivity contribution < 1.29 is 9.36 Å². The normalized spacial score (nSPS) is 10.4. The largest absolute Gasteiger partial charge is 0.290 e.